The van der Waals surface area contributed by atoms with Crippen LogP contribution in [0.4, 0.5) is 0 Å². The van der Waals surface area contributed by atoms with Crippen molar-refractivity contribution in [2.75, 3.05) is 0 Å². The highest BCUT2D eigenvalue weighted by Crippen LogP contribution is 2.18. The highest BCUT2D eigenvalue weighted by atomic mass is 16.4. The van der Waals surface area contributed by atoms with Crippen LogP contribution in [0.2, 0.25) is 0 Å². The number of unbranched alkanes of at least 4 members (excludes halogenated alkanes) is 1. The molecule has 0 bridgehead atoms. The topological polar surface area (TPSA) is 37.3 Å². The average molecular weight is 232 g/mol. The van der Waals surface area contributed by atoms with Gasteiger partial charge < -0.3 is 5.11 Å². The molecule has 17 heavy (non-hydrogen) atoms. The maximum absolute atomic E-state index is 10.3. The maximum atomic E-state index is 10.3. The summed E-state index contributed by atoms with van der Waals surface area (Å²) in [6, 6.07) is 0. The second-order valence-corrected chi connectivity index (χ2v) is 4.31. The molecule has 0 aromatic heterocycles. The van der Waals surface area contributed by atoms with E-state index in [0.717, 1.165) is 12.8 Å². The molecular formula is C15H20O2. The summed E-state index contributed by atoms with van der Waals surface area (Å²) in [5, 5.41) is 8.51. The lowest BCUT2D eigenvalue weighted by atomic mass is 9.93. The molecule has 0 spiro atoms. The predicted molar refractivity (Wildman–Crippen MR) is 70.7 cm³/mol. The van der Waals surface area contributed by atoms with Gasteiger partial charge in [0, 0.05) is 12.3 Å². The Bertz CT molecular complexity index is 332. The Morgan fingerprint density at radius 3 is 2.53 bits per heavy atom. The fourth-order valence-electron chi connectivity index (χ4n) is 1.74. The summed E-state index contributed by atoms with van der Waals surface area (Å²) >= 11 is 0. The van der Waals surface area contributed by atoms with Crippen molar-refractivity contribution in [3.05, 3.63) is 48.6 Å². The summed E-state index contributed by atoms with van der Waals surface area (Å²) in [4.78, 5) is 10.3. The Labute approximate surface area is 103 Å². The van der Waals surface area contributed by atoms with Crippen LogP contribution >= 0.6 is 0 Å². The molecule has 1 aliphatic carbocycles. The van der Waals surface area contributed by atoms with E-state index in [1.54, 1.807) is 0 Å². The predicted octanol–water partition coefficient (Wildman–Crippen LogP) is 3.73. The normalized spacial score (nSPS) is 17.5. The van der Waals surface area contributed by atoms with Gasteiger partial charge in [0.1, 0.15) is 0 Å². The number of hydrogen-bond acceptors (Lipinski definition) is 1. The third kappa shape index (κ3) is 5.91. The first-order chi connectivity index (χ1) is 8.20. The van der Waals surface area contributed by atoms with Crippen molar-refractivity contribution in [3.63, 3.8) is 0 Å². The lowest BCUT2D eigenvalue weighted by Crippen LogP contribution is -2.03. The third-order valence-electron chi connectivity index (χ3n) is 2.81. The standard InChI is InChI=1S/C15H20O2/c1-13(9-5-4-8-12-15(16)17)14-10-6-2-3-7-11-14/h2-3,5-7,9-11,13-14H,4,8,12H2,1H3,(H,16,17)/b9-5-. The molecule has 92 valence electrons. The van der Waals surface area contributed by atoms with E-state index in [9.17, 15) is 4.79 Å². The van der Waals surface area contributed by atoms with Crippen LogP contribution in [0.3, 0.4) is 0 Å². The van der Waals surface area contributed by atoms with Crippen molar-refractivity contribution in [2.24, 2.45) is 11.8 Å². The summed E-state index contributed by atoms with van der Waals surface area (Å²) in [5.41, 5.74) is 0. The highest BCUT2D eigenvalue weighted by molar-refractivity contribution is 5.66. The molecular weight excluding hydrogens is 212 g/mol. The molecule has 0 aromatic rings. The first kappa shape index (κ1) is 13.5. The van der Waals surface area contributed by atoms with Gasteiger partial charge in [-0.2, -0.15) is 0 Å². The first-order valence-electron chi connectivity index (χ1n) is 6.10. The van der Waals surface area contributed by atoms with Gasteiger partial charge in [0.05, 0.1) is 0 Å². The largest absolute Gasteiger partial charge is 0.481 e. The molecule has 1 atom stereocenters. The van der Waals surface area contributed by atoms with Crippen LogP contribution in [0.1, 0.15) is 26.2 Å². The summed E-state index contributed by atoms with van der Waals surface area (Å²) in [5.74, 6) is 0.167. The summed E-state index contributed by atoms with van der Waals surface area (Å²) in [7, 11) is 0. The number of allylic oxidation sites excluding steroid dienone is 8. The number of carboxylic acid groups (broad SMARTS) is 1. The Morgan fingerprint density at radius 1 is 1.29 bits per heavy atom. The molecule has 0 heterocycles. The number of hydrogen-bond donors (Lipinski definition) is 1. The monoisotopic (exact) mass is 232 g/mol. The third-order valence-corrected chi connectivity index (χ3v) is 2.81. The van der Waals surface area contributed by atoms with E-state index in [1.807, 2.05) is 12.2 Å². The van der Waals surface area contributed by atoms with Crippen LogP contribution in [0, 0.1) is 11.8 Å². The SMILES string of the molecule is CC(/C=C\CCCC(=O)O)C1C=CC=CC=C1. The van der Waals surface area contributed by atoms with Gasteiger partial charge in [-0.3, -0.25) is 4.79 Å². The number of carbonyl (C=O) groups is 1. The molecule has 0 saturated heterocycles. The fourth-order valence-corrected chi connectivity index (χ4v) is 1.74. The molecule has 0 fully saturated rings. The molecule has 2 nitrogen and oxygen atoms in total. The first-order valence-corrected chi connectivity index (χ1v) is 6.10. The van der Waals surface area contributed by atoms with Gasteiger partial charge in [-0.05, 0) is 18.8 Å². The average Bonchev–Trinajstić information content (AvgIpc) is 2.56. The molecule has 0 amide bonds. The van der Waals surface area contributed by atoms with Crippen LogP contribution in [-0.2, 0) is 4.79 Å². The molecule has 2 heteroatoms. The second-order valence-electron chi connectivity index (χ2n) is 4.31. The molecule has 1 aliphatic rings. The maximum Gasteiger partial charge on any atom is 0.303 e. The highest BCUT2D eigenvalue weighted by Gasteiger charge is 2.07. The van der Waals surface area contributed by atoms with Gasteiger partial charge in [-0.15, -0.1) is 0 Å². The van der Waals surface area contributed by atoms with Crippen LogP contribution in [0.25, 0.3) is 0 Å². The van der Waals surface area contributed by atoms with Gasteiger partial charge in [0.25, 0.3) is 0 Å². The second kappa shape index (κ2) is 7.66. The summed E-state index contributed by atoms with van der Waals surface area (Å²) in [6.45, 7) is 2.18. The van der Waals surface area contributed by atoms with Crippen molar-refractivity contribution in [3.8, 4) is 0 Å². The molecule has 0 aromatic carbocycles. The van der Waals surface area contributed by atoms with E-state index in [4.69, 9.17) is 5.11 Å². The van der Waals surface area contributed by atoms with Crippen molar-refractivity contribution in [1.82, 2.24) is 0 Å². The number of rotatable bonds is 6. The Hall–Kier alpha value is -1.57. The van der Waals surface area contributed by atoms with Crippen LogP contribution in [0.15, 0.2) is 48.6 Å². The minimum Gasteiger partial charge on any atom is -0.481 e. The van der Waals surface area contributed by atoms with Crippen LogP contribution in [-0.4, -0.2) is 11.1 Å². The molecule has 1 rings (SSSR count). The lowest BCUT2D eigenvalue weighted by Gasteiger charge is -2.12. The van der Waals surface area contributed by atoms with Crippen molar-refractivity contribution in [2.45, 2.75) is 26.2 Å². The van der Waals surface area contributed by atoms with E-state index >= 15 is 0 Å². The number of carboxylic acids is 1. The quantitative estimate of drug-likeness (QED) is 0.559. The van der Waals surface area contributed by atoms with Crippen LogP contribution in [0.5, 0.6) is 0 Å². The van der Waals surface area contributed by atoms with E-state index in [1.165, 1.54) is 0 Å². The Balaban J connectivity index is 2.30. The summed E-state index contributed by atoms with van der Waals surface area (Å²) in [6.07, 6.45) is 18.6. The Kier molecular flexibility index (Phi) is 6.08. The lowest BCUT2D eigenvalue weighted by molar-refractivity contribution is -0.137. The fraction of sp³-hybridized carbons (Fsp3) is 0.400. The van der Waals surface area contributed by atoms with E-state index in [0.29, 0.717) is 11.8 Å². The smallest absolute Gasteiger partial charge is 0.303 e. The van der Waals surface area contributed by atoms with E-state index in [2.05, 4.69) is 43.4 Å². The minimum absolute atomic E-state index is 0.256. The summed E-state index contributed by atoms with van der Waals surface area (Å²) < 4.78 is 0. The molecule has 0 saturated carbocycles. The zero-order valence-corrected chi connectivity index (χ0v) is 10.3. The molecule has 1 unspecified atom stereocenters. The van der Waals surface area contributed by atoms with Crippen LogP contribution < -0.4 is 0 Å². The minimum atomic E-state index is -0.716. The molecule has 1 N–H and O–H groups in total. The van der Waals surface area contributed by atoms with Gasteiger partial charge in [0.15, 0.2) is 0 Å². The van der Waals surface area contributed by atoms with E-state index < -0.39 is 5.97 Å². The zero-order chi connectivity index (χ0) is 12.5. The van der Waals surface area contributed by atoms with Gasteiger partial charge >= 0.3 is 5.97 Å². The molecule has 0 radical (unpaired) electrons. The Morgan fingerprint density at radius 2 is 1.94 bits per heavy atom. The van der Waals surface area contributed by atoms with Crippen molar-refractivity contribution < 1.29 is 9.90 Å². The van der Waals surface area contributed by atoms with Crippen molar-refractivity contribution >= 4 is 5.97 Å². The van der Waals surface area contributed by atoms with Gasteiger partial charge in [-0.25, -0.2) is 0 Å². The number of aliphatic carboxylic acids is 1. The van der Waals surface area contributed by atoms with Gasteiger partial charge in [-0.1, -0.05) is 55.5 Å². The molecule has 0 aliphatic heterocycles. The van der Waals surface area contributed by atoms with Gasteiger partial charge in [0.2, 0.25) is 0 Å². The van der Waals surface area contributed by atoms with E-state index in [-0.39, 0.29) is 6.42 Å². The van der Waals surface area contributed by atoms with Crippen molar-refractivity contribution in [1.29, 1.82) is 0 Å². The zero-order valence-electron chi connectivity index (χ0n) is 10.3.